The zero-order valence-electron chi connectivity index (χ0n) is 16.4. The SMILES string of the molecule is CCn1c(SCc2cccc3ccccc23)nnc1-c1cccc(NC(C)=O)c1. The molecule has 0 unspecified atom stereocenters. The summed E-state index contributed by atoms with van der Waals surface area (Å²) in [6.07, 6.45) is 0. The fraction of sp³-hybridized carbons (Fsp3) is 0.174. The number of anilines is 1. The van der Waals surface area contributed by atoms with Crippen molar-refractivity contribution in [3.05, 3.63) is 72.3 Å². The monoisotopic (exact) mass is 402 g/mol. The van der Waals surface area contributed by atoms with Crippen LogP contribution in [-0.4, -0.2) is 20.7 Å². The Hall–Kier alpha value is -3.12. The Kier molecular flexibility index (Phi) is 5.62. The Morgan fingerprint density at radius 3 is 2.66 bits per heavy atom. The van der Waals surface area contributed by atoms with E-state index in [1.807, 2.05) is 24.3 Å². The first-order valence-electron chi connectivity index (χ1n) is 9.56. The van der Waals surface area contributed by atoms with Gasteiger partial charge in [-0.25, -0.2) is 0 Å². The molecular formula is C23H22N4OS. The van der Waals surface area contributed by atoms with Crippen molar-refractivity contribution in [1.29, 1.82) is 0 Å². The molecule has 0 saturated carbocycles. The molecule has 0 spiro atoms. The fourth-order valence-electron chi connectivity index (χ4n) is 3.39. The molecule has 0 atom stereocenters. The zero-order chi connectivity index (χ0) is 20.2. The summed E-state index contributed by atoms with van der Waals surface area (Å²) in [6.45, 7) is 4.36. The number of hydrogen-bond donors (Lipinski definition) is 1. The molecule has 1 N–H and O–H groups in total. The maximum atomic E-state index is 11.4. The number of fused-ring (bicyclic) bond motifs is 1. The lowest BCUT2D eigenvalue weighted by molar-refractivity contribution is -0.114. The Morgan fingerprint density at radius 2 is 1.83 bits per heavy atom. The number of rotatable bonds is 6. The second kappa shape index (κ2) is 8.49. The molecule has 0 saturated heterocycles. The standard InChI is InChI=1S/C23H22N4OS/c1-3-27-22(18-10-7-12-20(14-18)24-16(2)28)25-26-23(27)29-15-19-11-6-9-17-8-4-5-13-21(17)19/h4-14H,3,15H2,1-2H3,(H,24,28). The number of nitrogens with one attached hydrogen (secondary N) is 1. The van der Waals surface area contributed by atoms with Gasteiger partial charge in [0.15, 0.2) is 11.0 Å². The predicted molar refractivity (Wildman–Crippen MR) is 119 cm³/mol. The van der Waals surface area contributed by atoms with Crippen molar-refractivity contribution in [2.75, 3.05) is 5.32 Å². The molecule has 0 aliphatic carbocycles. The van der Waals surface area contributed by atoms with E-state index < -0.39 is 0 Å². The second-order valence-corrected chi connectivity index (χ2v) is 7.68. The van der Waals surface area contributed by atoms with Gasteiger partial charge in [-0.1, -0.05) is 66.4 Å². The predicted octanol–water partition coefficient (Wildman–Crippen LogP) is 5.37. The highest BCUT2D eigenvalue weighted by atomic mass is 32.2. The van der Waals surface area contributed by atoms with Gasteiger partial charge >= 0.3 is 0 Å². The lowest BCUT2D eigenvalue weighted by Gasteiger charge is -2.10. The van der Waals surface area contributed by atoms with Crippen LogP contribution in [0.5, 0.6) is 0 Å². The molecule has 0 radical (unpaired) electrons. The van der Waals surface area contributed by atoms with Crippen LogP contribution >= 0.6 is 11.8 Å². The molecule has 4 rings (SSSR count). The first kappa shape index (κ1) is 19.2. The van der Waals surface area contributed by atoms with E-state index in [0.29, 0.717) is 0 Å². The summed E-state index contributed by atoms with van der Waals surface area (Å²) in [5, 5.41) is 15.1. The van der Waals surface area contributed by atoms with Crippen molar-refractivity contribution in [2.24, 2.45) is 0 Å². The van der Waals surface area contributed by atoms with E-state index in [9.17, 15) is 4.79 Å². The highest BCUT2D eigenvalue weighted by Gasteiger charge is 2.14. The Morgan fingerprint density at radius 1 is 1.03 bits per heavy atom. The van der Waals surface area contributed by atoms with Gasteiger partial charge in [0, 0.05) is 30.5 Å². The first-order valence-corrected chi connectivity index (χ1v) is 10.5. The molecule has 0 bridgehead atoms. The normalized spacial score (nSPS) is 11.0. The molecule has 29 heavy (non-hydrogen) atoms. The number of aromatic nitrogens is 3. The molecule has 4 aromatic rings. The quantitative estimate of drug-likeness (QED) is 0.441. The van der Waals surface area contributed by atoms with Crippen LogP contribution in [0, 0.1) is 0 Å². The molecule has 0 aliphatic rings. The molecule has 6 heteroatoms. The molecule has 146 valence electrons. The zero-order valence-corrected chi connectivity index (χ0v) is 17.2. The van der Waals surface area contributed by atoms with Crippen molar-refractivity contribution in [1.82, 2.24) is 14.8 Å². The van der Waals surface area contributed by atoms with Crippen LogP contribution in [0.4, 0.5) is 5.69 Å². The summed E-state index contributed by atoms with van der Waals surface area (Å²) in [5.74, 6) is 1.54. The highest BCUT2D eigenvalue weighted by molar-refractivity contribution is 7.98. The van der Waals surface area contributed by atoms with E-state index in [0.717, 1.165) is 34.5 Å². The third-order valence-corrected chi connectivity index (χ3v) is 5.73. The molecule has 3 aromatic carbocycles. The number of thioether (sulfide) groups is 1. The second-order valence-electron chi connectivity index (χ2n) is 6.74. The van der Waals surface area contributed by atoms with Crippen LogP contribution in [0.1, 0.15) is 19.4 Å². The fourth-order valence-corrected chi connectivity index (χ4v) is 4.40. The maximum absolute atomic E-state index is 11.4. The lowest BCUT2D eigenvalue weighted by Crippen LogP contribution is -2.06. The number of carbonyl (C=O) groups is 1. The van der Waals surface area contributed by atoms with E-state index in [2.05, 4.69) is 69.5 Å². The van der Waals surface area contributed by atoms with Gasteiger partial charge in [0.25, 0.3) is 0 Å². The van der Waals surface area contributed by atoms with Crippen LogP contribution in [-0.2, 0) is 17.1 Å². The third kappa shape index (κ3) is 4.17. The molecule has 0 fully saturated rings. The van der Waals surface area contributed by atoms with Crippen LogP contribution in [0.2, 0.25) is 0 Å². The summed E-state index contributed by atoms with van der Waals surface area (Å²) in [6, 6.07) is 22.5. The van der Waals surface area contributed by atoms with Gasteiger partial charge in [-0.3, -0.25) is 4.79 Å². The third-order valence-electron chi connectivity index (χ3n) is 4.71. The topological polar surface area (TPSA) is 59.8 Å². The maximum Gasteiger partial charge on any atom is 0.221 e. The van der Waals surface area contributed by atoms with E-state index in [1.54, 1.807) is 11.8 Å². The minimum Gasteiger partial charge on any atom is -0.326 e. The van der Waals surface area contributed by atoms with E-state index in [1.165, 1.54) is 23.3 Å². The number of nitrogens with zero attached hydrogens (tertiary/aromatic N) is 3. The van der Waals surface area contributed by atoms with Gasteiger partial charge in [-0.15, -0.1) is 10.2 Å². The van der Waals surface area contributed by atoms with Gasteiger partial charge in [0.1, 0.15) is 0 Å². The van der Waals surface area contributed by atoms with Crippen LogP contribution in [0.3, 0.4) is 0 Å². The van der Waals surface area contributed by atoms with Crippen LogP contribution in [0.15, 0.2) is 71.9 Å². The molecule has 1 amide bonds. The van der Waals surface area contributed by atoms with Crippen molar-refractivity contribution in [2.45, 2.75) is 31.3 Å². The number of carbonyl (C=O) groups excluding carboxylic acids is 1. The Labute approximate surface area is 174 Å². The van der Waals surface area contributed by atoms with Gasteiger partial charge in [-0.05, 0) is 35.4 Å². The molecule has 1 heterocycles. The molecule has 5 nitrogen and oxygen atoms in total. The first-order chi connectivity index (χ1) is 14.2. The van der Waals surface area contributed by atoms with Gasteiger partial charge in [-0.2, -0.15) is 0 Å². The Balaban J connectivity index is 1.60. The van der Waals surface area contributed by atoms with Crippen molar-refractivity contribution >= 4 is 34.1 Å². The van der Waals surface area contributed by atoms with E-state index >= 15 is 0 Å². The highest BCUT2D eigenvalue weighted by Crippen LogP contribution is 2.29. The summed E-state index contributed by atoms with van der Waals surface area (Å²) < 4.78 is 2.11. The van der Waals surface area contributed by atoms with E-state index in [-0.39, 0.29) is 5.91 Å². The number of hydrogen-bond acceptors (Lipinski definition) is 4. The minimum atomic E-state index is -0.0922. The van der Waals surface area contributed by atoms with Gasteiger partial charge < -0.3 is 9.88 Å². The number of benzene rings is 3. The van der Waals surface area contributed by atoms with Gasteiger partial charge in [0.2, 0.25) is 5.91 Å². The van der Waals surface area contributed by atoms with Crippen molar-refractivity contribution < 1.29 is 4.79 Å². The molecule has 1 aromatic heterocycles. The smallest absolute Gasteiger partial charge is 0.221 e. The Bertz CT molecular complexity index is 1160. The summed E-state index contributed by atoms with van der Waals surface area (Å²) in [4.78, 5) is 11.4. The minimum absolute atomic E-state index is 0.0922. The van der Waals surface area contributed by atoms with E-state index in [4.69, 9.17) is 0 Å². The molecular weight excluding hydrogens is 380 g/mol. The summed E-state index contributed by atoms with van der Waals surface area (Å²) in [7, 11) is 0. The molecule has 0 aliphatic heterocycles. The van der Waals surface area contributed by atoms with Gasteiger partial charge in [0.05, 0.1) is 0 Å². The summed E-state index contributed by atoms with van der Waals surface area (Å²) in [5.41, 5.74) is 2.97. The van der Waals surface area contributed by atoms with Crippen molar-refractivity contribution in [3.63, 3.8) is 0 Å². The van der Waals surface area contributed by atoms with Crippen LogP contribution in [0.25, 0.3) is 22.2 Å². The largest absolute Gasteiger partial charge is 0.326 e. The average Bonchev–Trinajstić information content (AvgIpc) is 3.15. The average molecular weight is 403 g/mol. The summed E-state index contributed by atoms with van der Waals surface area (Å²) >= 11 is 1.69. The van der Waals surface area contributed by atoms with Crippen LogP contribution < -0.4 is 5.32 Å². The lowest BCUT2D eigenvalue weighted by atomic mass is 10.1. The number of amides is 1. The van der Waals surface area contributed by atoms with Crippen molar-refractivity contribution in [3.8, 4) is 11.4 Å².